The third kappa shape index (κ3) is 1.95. The van der Waals surface area contributed by atoms with Gasteiger partial charge < -0.3 is 15.4 Å². The highest BCUT2D eigenvalue weighted by Crippen LogP contribution is 2.39. The highest BCUT2D eigenvalue weighted by Gasteiger charge is 2.49. The van der Waals surface area contributed by atoms with Gasteiger partial charge in [-0.1, -0.05) is 0 Å². The van der Waals surface area contributed by atoms with Crippen LogP contribution in [-0.2, 0) is 4.74 Å². The van der Waals surface area contributed by atoms with E-state index in [0.29, 0.717) is 5.92 Å². The zero-order chi connectivity index (χ0) is 11.2. The van der Waals surface area contributed by atoms with Gasteiger partial charge in [-0.3, -0.25) is 0 Å². The first-order valence-electron chi connectivity index (χ1n) is 5.64. The summed E-state index contributed by atoms with van der Waals surface area (Å²) in [7, 11) is 0. The minimum atomic E-state index is -0.414. The summed E-state index contributed by atoms with van der Waals surface area (Å²) in [5, 5.41) is 0. The van der Waals surface area contributed by atoms with Gasteiger partial charge in [0.1, 0.15) is 5.60 Å². The molecule has 0 spiro atoms. The van der Waals surface area contributed by atoms with E-state index in [1.165, 1.54) is 0 Å². The Hall–Kier alpha value is -0.770. The molecule has 0 bridgehead atoms. The lowest BCUT2D eigenvalue weighted by atomic mass is 9.76. The first kappa shape index (κ1) is 10.7. The van der Waals surface area contributed by atoms with Crippen LogP contribution in [0.5, 0.6) is 0 Å². The van der Waals surface area contributed by atoms with Crippen LogP contribution in [0.15, 0.2) is 0 Å². The molecule has 0 aromatic carbocycles. The Balaban J connectivity index is 1.97. The Kier molecular flexibility index (Phi) is 2.41. The average molecular weight is 212 g/mol. The van der Waals surface area contributed by atoms with Crippen LogP contribution in [0.1, 0.15) is 33.6 Å². The van der Waals surface area contributed by atoms with Crippen LogP contribution in [0.25, 0.3) is 0 Å². The molecule has 2 rings (SSSR count). The molecule has 1 heterocycles. The Bertz CT molecular complexity index is 272. The van der Waals surface area contributed by atoms with Crippen molar-refractivity contribution in [3.05, 3.63) is 0 Å². The molecule has 4 heteroatoms. The summed E-state index contributed by atoms with van der Waals surface area (Å²) in [4.78, 5) is 13.7. The van der Waals surface area contributed by atoms with E-state index in [4.69, 9.17) is 10.5 Å². The van der Waals surface area contributed by atoms with Gasteiger partial charge in [0, 0.05) is 12.6 Å². The number of fused-ring (bicyclic) bond motifs is 1. The standard InChI is InChI=1S/C11H20N2O2/c1-11(2,3)15-10(14)13-5-4-7-6-8(12)9(7)13/h7-9H,4-6,12H2,1-3H3/t7-,8-,9-/m1/s1. The first-order valence-corrected chi connectivity index (χ1v) is 5.64. The van der Waals surface area contributed by atoms with E-state index in [2.05, 4.69) is 0 Å². The predicted molar refractivity (Wildman–Crippen MR) is 57.4 cm³/mol. The molecule has 0 unspecified atom stereocenters. The zero-order valence-electron chi connectivity index (χ0n) is 9.69. The van der Waals surface area contributed by atoms with Gasteiger partial charge in [0.2, 0.25) is 0 Å². The van der Waals surface area contributed by atoms with Crippen LogP contribution in [0.3, 0.4) is 0 Å². The van der Waals surface area contributed by atoms with Crippen molar-refractivity contribution in [2.24, 2.45) is 11.7 Å². The fraction of sp³-hybridized carbons (Fsp3) is 0.909. The third-order valence-corrected chi connectivity index (χ3v) is 3.23. The van der Waals surface area contributed by atoms with Crippen molar-refractivity contribution in [3.63, 3.8) is 0 Å². The molecular weight excluding hydrogens is 192 g/mol. The number of nitrogens with two attached hydrogens (primary N) is 1. The van der Waals surface area contributed by atoms with Gasteiger partial charge >= 0.3 is 6.09 Å². The number of hydrogen-bond acceptors (Lipinski definition) is 3. The van der Waals surface area contributed by atoms with Crippen LogP contribution >= 0.6 is 0 Å². The van der Waals surface area contributed by atoms with Crippen molar-refractivity contribution in [2.75, 3.05) is 6.54 Å². The van der Waals surface area contributed by atoms with Crippen LogP contribution in [-0.4, -0.2) is 35.2 Å². The summed E-state index contributed by atoms with van der Waals surface area (Å²) < 4.78 is 5.35. The van der Waals surface area contributed by atoms with Crippen LogP contribution in [0, 0.1) is 5.92 Å². The van der Waals surface area contributed by atoms with E-state index < -0.39 is 5.60 Å². The molecule has 0 aromatic heterocycles. The van der Waals surface area contributed by atoms with Crippen LogP contribution in [0.4, 0.5) is 4.79 Å². The largest absolute Gasteiger partial charge is 0.444 e. The van der Waals surface area contributed by atoms with Crippen molar-refractivity contribution < 1.29 is 9.53 Å². The Morgan fingerprint density at radius 1 is 1.47 bits per heavy atom. The van der Waals surface area contributed by atoms with Gasteiger partial charge in [0.15, 0.2) is 0 Å². The topological polar surface area (TPSA) is 55.6 Å². The fourth-order valence-electron chi connectivity index (χ4n) is 2.54. The van der Waals surface area contributed by atoms with Gasteiger partial charge in [-0.2, -0.15) is 0 Å². The summed E-state index contributed by atoms with van der Waals surface area (Å²) in [6.07, 6.45) is 1.94. The molecule has 2 fully saturated rings. The molecule has 0 radical (unpaired) electrons. The molecule has 1 saturated heterocycles. The molecule has 15 heavy (non-hydrogen) atoms. The molecule has 0 aromatic rings. The van der Waals surface area contributed by atoms with E-state index in [1.807, 2.05) is 25.7 Å². The molecule has 3 atom stereocenters. The van der Waals surface area contributed by atoms with Crippen molar-refractivity contribution >= 4 is 6.09 Å². The van der Waals surface area contributed by atoms with Crippen LogP contribution < -0.4 is 5.73 Å². The quantitative estimate of drug-likeness (QED) is 0.659. The Labute approximate surface area is 90.8 Å². The Morgan fingerprint density at radius 3 is 2.67 bits per heavy atom. The fourth-order valence-corrected chi connectivity index (χ4v) is 2.54. The van der Waals surface area contributed by atoms with Crippen molar-refractivity contribution in [1.82, 2.24) is 4.90 Å². The predicted octanol–water partition coefficient (Wildman–Crippen LogP) is 1.34. The van der Waals surface area contributed by atoms with E-state index in [0.717, 1.165) is 19.4 Å². The second-order valence-corrected chi connectivity index (χ2v) is 5.61. The maximum absolute atomic E-state index is 11.8. The highest BCUT2D eigenvalue weighted by molar-refractivity contribution is 5.69. The second-order valence-electron chi connectivity index (χ2n) is 5.61. The molecule has 2 aliphatic rings. The summed E-state index contributed by atoms with van der Waals surface area (Å²) in [5.74, 6) is 0.618. The number of carbonyl (C=O) groups is 1. The molecule has 86 valence electrons. The minimum Gasteiger partial charge on any atom is -0.444 e. The monoisotopic (exact) mass is 212 g/mol. The number of hydrogen-bond donors (Lipinski definition) is 1. The maximum atomic E-state index is 11.8. The third-order valence-electron chi connectivity index (χ3n) is 3.23. The van der Waals surface area contributed by atoms with Crippen molar-refractivity contribution in [2.45, 2.75) is 51.3 Å². The number of carbonyl (C=O) groups excluding carboxylic acids is 1. The van der Waals surface area contributed by atoms with E-state index >= 15 is 0 Å². The SMILES string of the molecule is CC(C)(C)OC(=O)N1CC[C@@H]2C[C@@H](N)[C@@H]21. The molecule has 1 amide bonds. The highest BCUT2D eigenvalue weighted by atomic mass is 16.6. The van der Waals surface area contributed by atoms with E-state index in [9.17, 15) is 4.79 Å². The number of likely N-dealkylation sites (tertiary alicyclic amines) is 1. The maximum Gasteiger partial charge on any atom is 0.410 e. The van der Waals surface area contributed by atoms with Crippen LogP contribution in [0.2, 0.25) is 0 Å². The lowest BCUT2D eigenvalue weighted by Gasteiger charge is -2.42. The summed E-state index contributed by atoms with van der Waals surface area (Å²) in [5.41, 5.74) is 5.49. The van der Waals surface area contributed by atoms with Gasteiger partial charge in [-0.05, 0) is 39.5 Å². The molecule has 2 N–H and O–H groups in total. The molecule has 1 aliphatic heterocycles. The average Bonchev–Trinajstić information content (AvgIpc) is 2.38. The number of rotatable bonds is 0. The first-order chi connectivity index (χ1) is 6.88. The molecule has 1 saturated carbocycles. The number of ether oxygens (including phenoxy) is 1. The van der Waals surface area contributed by atoms with Gasteiger partial charge in [-0.25, -0.2) is 4.79 Å². The zero-order valence-corrected chi connectivity index (χ0v) is 9.69. The lowest BCUT2D eigenvalue weighted by Crippen LogP contribution is -2.58. The van der Waals surface area contributed by atoms with Crippen molar-refractivity contribution in [1.29, 1.82) is 0 Å². The number of amides is 1. The van der Waals surface area contributed by atoms with Gasteiger partial charge in [-0.15, -0.1) is 0 Å². The molecule has 1 aliphatic carbocycles. The number of nitrogens with zero attached hydrogens (tertiary/aromatic N) is 1. The van der Waals surface area contributed by atoms with E-state index in [-0.39, 0.29) is 18.2 Å². The summed E-state index contributed by atoms with van der Waals surface area (Å²) >= 11 is 0. The van der Waals surface area contributed by atoms with E-state index in [1.54, 1.807) is 0 Å². The van der Waals surface area contributed by atoms with Crippen molar-refractivity contribution in [3.8, 4) is 0 Å². The molecule has 4 nitrogen and oxygen atoms in total. The summed E-state index contributed by atoms with van der Waals surface area (Å²) in [6, 6.07) is 0.393. The Morgan fingerprint density at radius 2 is 2.13 bits per heavy atom. The van der Waals surface area contributed by atoms with Gasteiger partial charge in [0.25, 0.3) is 0 Å². The van der Waals surface area contributed by atoms with Gasteiger partial charge in [0.05, 0.1) is 6.04 Å². The summed E-state index contributed by atoms with van der Waals surface area (Å²) in [6.45, 7) is 6.47. The smallest absolute Gasteiger partial charge is 0.410 e. The second kappa shape index (κ2) is 3.37. The lowest BCUT2D eigenvalue weighted by molar-refractivity contribution is 0.00928. The normalized spacial score (nSPS) is 34.7. The minimum absolute atomic E-state index is 0.157. The molecular formula is C11H20N2O2.